The second-order valence-corrected chi connectivity index (χ2v) is 11.5. The lowest BCUT2D eigenvalue weighted by Gasteiger charge is -2.06. The normalized spacial score (nSPS) is 10.8. The minimum absolute atomic E-state index is 0. The molecule has 0 aliphatic heterocycles. The molecule has 5 heteroatoms. The van der Waals surface area contributed by atoms with Gasteiger partial charge in [0, 0.05) is 0 Å². The topological polar surface area (TPSA) is 50.6 Å². The maximum atomic E-state index is 9.65. The Labute approximate surface area is 245 Å². The van der Waals surface area contributed by atoms with E-state index in [1.807, 2.05) is 0 Å². The maximum absolute atomic E-state index is 9.65. The van der Waals surface area contributed by atoms with Crippen molar-refractivity contribution < 1.29 is 14.8 Å². The summed E-state index contributed by atoms with van der Waals surface area (Å²) in [5, 5.41) is 3.67. The van der Waals surface area contributed by atoms with E-state index in [0.29, 0.717) is 0 Å². The fourth-order valence-electron chi connectivity index (χ4n) is 5.09. The minimum atomic E-state index is 0. The van der Waals surface area contributed by atoms with E-state index in [9.17, 15) is 4.91 Å². The molecule has 0 saturated carbocycles. The smallest absolute Gasteiger partial charge is 0.317 e. The van der Waals surface area contributed by atoms with Crippen molar-refractivity contribution in [3.8, 4) is 0 Å². The zero-order chi connectivity index (χ0) is 28.9. The van der Waals surface area contributed by atoms with E-state index in [0.717, 1.165) is 0 Å². The Morgan fingerprint density at radius 1 is 0.385 bits per heavy atom. The van der Waals surface area contributed by atoms with Crippen LogP contribution in [0.3, 0.4) is 0 Å². The van der Waals surface area contributed by atoms with Crippen LogP contribution in [0.5, 0.6) is 0 Å². The Balaban J connectivity index is 0. The molecule has 0 bridgehead atoms. The minimum Gasteiger partial charge on any atom is -0.317 e. The molecule has 0 radical (unpaired) electrons. The average molecular weight is 558 g/mol. The number of hydrogen-bond donors (Lipinski definition) is 1. The predicted molar refractivity (Wildman–Crippen MR) is 171 cm³/mol. The van der Waals surface area contributed by atoms with Gasteiger partial charge in [-0.15, -0.1) is 0 Å². The van der Waals surface area contributed by atoms with Gasteiger partial charge in [0.05, 0.1) is 0 Å². The SMILES string of the molecule is CCCCCCCCCCCCCCCCNCCCCCCCCCCCCCCCC.CO[N+](=O)OC. The van der Waals surface area contributed by atoms with Gasteiger partial charge in [0.1, 0.15) is 4.91 Å². The number of nitrogens with zero attached hydrogens (tertiary/aromatic N) is 1. The number of nitrogens with one attached hydrogen (secondary N) is 1. The Bertz CT molecular complexity index is 399. The highest BCUT2D eigenvalue weighted by molar-refractivity contribution is 4.53. The fraction of sp³-hybridized carbons (Fsp3) is 1.00. The van der Waals surface area contributed by atoms with Gasteiger partial charge in [-0.3, -0.25) is 0 Å². The van der Waals surface area contributed by atoms with Gasteiger partial charge in [-0.05, 0) is 25.9 Å². The third kappa shape index (κ3) is 41.8. The first-order valence-electron chi connectivity index (χ1n) is 17.5. The van der Waals surface area contributed by atoms with Crippen molar-refractivity contribution in [3.63, 3.8) is 0 Å². The lowest BCUT2D eigenvalue weighted by molar-refractivity contribution is -0.972. The molecule has 0 atom stereocenters. The Morgan fingerprint density at radius 2 is 0.590 bits per heavy atom. The van der Waals surface area contributed by atoms with Crippen LogP contribution in [0.2, 0.25) is 0 Å². The monoisotopic (exact) mass is 558 g/mol. The standard InChI is InChI=1S/C32H67N.C2H6NO3/c1-3-5-7-9-11-13-15-17-19-21-23-25-27-29-31-33-32-30-28-26-24-22-20-18-16-14-12-10-8-6-4-2;1-5-3(4)6-2/h33H,3-32H2,1-2H3;1-2H3/q;+1. The van der Waals surface area contributed by atoms with E-state index in [2.05, 4.69) is 28.8 Å². The van der Waals surface area contributed by atoms with Crippen LogP contribution < -0.4 is 5.32 Å². The van der Waals surface area contributed by atoms with Gasteiger partial charge in [0.25, 0.3) is 0 Å². The van der Waals surface area contributed by atoms with Crippen molar-refractivity contribution >= 4 is 0 Å². The van der Waals surface area contributed by atoms with Gasteiger partial charge in [-0.1, -0.05) is 181 Å². The summed E-state index contributed by atoms with van der Waals surface area (Å²) in [5.74, 6) is 0. The van der Waals surface area contributed by atoms with Crippen molar-refractivity contribution in [2.45, 2.75) is 194 Å². The van der Waals surface area contributed by atoms with Crippen LogP contribution in [-0.4, -0.2) is 32.4 Å². The summed E-state index contributed by atoms with van der Waals surface area (Å²) in [5.41, 5.74) is 0. The van der Waals surface area contributed by atoms with Crippen molar-refractivity contribution in [3.05, 3.63) is 4.91 Å². The molecule has 0 saturated heterocycles. The summed E-state index contributed by atoms with van der Waals surface area (Å²) in [6, 6.07) is 0. The third-order valence-corrected chi connectivity index (χ3v) is 7.71. The molecule has 0 aliphatic carbocycles. The molecule has 236 valence electrons. The van der Waals surface area contributed by atoms with E-state index in [4.69, 9.17) is 0 Å². The van der Waals surface area contributed by atoms with Crippen LogP contribution in [0.1, 0.15) is 194 Å². The molecule has 39 heavy (non-hydrogen) atoms. The Kier molecular flexibility index (Phi) is 40.6. The first kappa shape index (κ1) is 40.3. The highest BCUT2D eigenvalue weighted by atomic mass is 17.0. The summed E-state index contributed by atoms with van der Waals surface area (Å²) in [7, 11) is 2.44. The largest absolute Gasteiger partial charge is 0.476 e. The number of rotatable bonds is 32. The zero-order valence-corrected chi connectivity index (χ0v) is 27.4. The molecule has 0 aliphatic rings. The highest BCUT2D eigenvalue weighted by Gasteiger charge is 1.99. The average Bonchev–Trinajstić information content (AvgIpc) is 2.96. The molecule has 0 aromatic heterocycles. The number of unbranched alkanes of at least 4 members (excludes halogenated alkanes) is 26. The zero-order valence-electron chi connectivity index (χ0n) is 27.4. The van der Waals surface area contributed by atoms with Gasteiger partial charge in [-0.2, -0.15) is 9.68 Å². The van der Waals surface area contributed by atoms with Crippen molar-refractivity contribution in [2.75, 3.05) is 27.3 Å². The Hall–Kier alpha value is -0.840. The van der Waals surface area contributed by atoms with Crippen LogP contribution in [0, 0.1) is 4.91 Å². The van der Waals surface area contributed by atoms with Gasteiger partial charge in [-0.25, -0.2) is 0 Å². The van der Waals surface area contributed by atoms with Crippen LogP contribution in [-0.2, 0) is 9.68 Å². The molecule has 0 amide bonds. The lowest BCUT2D eigenvalue weighted by atomic mass is 10.0. The second kappa shape index (κ2) is 39.3. The Morgan fingerprint density at radius 3 is 0.769 bits per heavy atom. The van der Waals surface area contributed by atoms with Gasteiger partial charge >= 0.3 is 5.09 Å². The third-order valence-electron chi connectivity index (χ3n) is 7.71. The molecule has 0 rings (SSSR count). The van der Waals surface area contributed by atoms with Crippen molar-refractivity contribution in [2.24, 2.45) is 0 Å². The molecule has 0 spiro atoms. The molecule has 0 heterocycles. The first-order valence-corrected chi connectivity index (χ1v) is 17.5. The fourth-order valence-corrected chi connectivity index (χ4v) is 5.09. The maximum Gasteiger partial charge on any atom is 0.476 e. The summed E-state index contributed by atoms with van der Waals surface area (Å²) in [6.45, 7) is 7.10. The summed E-state index contributed by atoms with van der Waals surface area (Å²) >= 11 is 0. The van der Waals surface area contributed by atoms with Crippen LogP contribution in [0.25, 0.3) is 0 Å². The van der Waals surface area contributed by atoms with E-state index in [1.165, 1.54) is 207 Å². The predicted octanol–water partition coefficient (Wildman–Crippen LogP) is 11.4. The second-order valence-electron chi connectivity index (χ2n) is 11.5. The molecule has 0 unspecified atom stereocenters. The van der Waals surface area contributed by atoms with E-state index in [1.54, 1.807) is 0 Å². The van der Waals surface area contributed by atoms with E-state index < -0.39 is 0 Å². The van der Waals surface area contributed by atoms with Crippen LogP contribution in [0.4, 0.5) is 0 Å². The molecular formula is C34H73N2O3+. The highest BCUT2D eigenvalue weighted by Crippen LogP contribution is 2.14. The van der Waals surface area contributed by atoms with E-state index in [-0.39, 0.29) is 5.09 Å². The molecule has 0 fully saturated rings. The van der Waals surface area contributed by atoms with Crippen LogP contribution in [0.15, 0.2) is 0 Å². The molecule has 5 nitrogen and oxygen atoms in total. The summed E-state index contributed by atoms with van der Waals surface area (Å²) in [4.78, 5) is 17.6. The van der Waals surface area contributed by atoms with Gasteiger partial charge < -0.3 is 5.32 Å². The molecule has 0 aromatic rings. The summed E-state index contributed by atoms with van der Waals surface area (Å²) in [6.07, 6.45) is 40.7. The molecule has 1 N–H and O–H groups in total. The van der Waals surface area contributed by atoms with Gasteiger partial charge in [0.2, 0.25) is 0 Å². The number of hydrogen-bond acceptors (Lipinski definition) is 4. The molecule has 0 aromatic carbocycles. The van der Waals surface area contributed by atoms with Crippen molar-refractivity contribution in [1.29, 1.82) is 0 Å². The summed E-state index contributed by atoms with van der Waals surface area (Å²) < 4.78 is 0. The lowest BCUT2D eigenvalue weighted by Crippen LogP contribution is -2.16. The molecular weight excluding hydrogens is 484 g/mol. The van der Waals surface area contributed by atoms with E-state index >= 15 is 0 Å². The van der Waals surface area contributed by atoms with Crippen molar-refractivity contribution in [1.82, 2.24) is 5.32 Å². The van der Waals surface area contributed by atoms with Gasteiger partial charge in [0.15, 0.2) is 14.2 Å². The first-order chi connectivity index (χ1) is 19.2. The quantitative estimate of drug-likeness (QED) is 0.0660. The van der Waals surface area contributed by atoms with Crippen LogP contribution >= 0.6 is 0 Å².